The monoisotopic (exact) mass is 347 g/mol. The molecule has 21 heavy (non-hydrogen) atoms. The molecule has 0 saturated heterocycles. The van der Waals surface area contributed by atoms with E-state index in [1.54, 1.807) is 12.1 Å². The maximum atomic E-state index is 10.9. The molecule has 2 aromatic rings. The van der Waals surface area contributed by atoms with Gasteiger partial charge in [0.15, 0.2) is 0 Å². The van der Waals surface area contributed by atoms with Gasteiger partial charge in [0.1, 0.15) is 0 Å². The number of pyridine rings is 1. The molecular formula is C13H9N5O2Se. The average Bonchev–Trinajstić information content (AvgIpc) is 2.97. The van der Waals surface area contributed by atoms with E-state index in [-0.39, 0.29) is 22.3 Å². The zero-order chi connectivity index (χ0) is 15.4. The van der Waals surface area contributed by atoms with Gasteiger partial charge in [0.25, 0.3) is 0 Å². The van der Waals surface area contributed by atoms with Crippen LogP contribution in [0.3, 0.4) is 0 Å². The number of nitriles is 2. The third-order valence-corrected chi connectivity index (χ3v) is 4.63. The summed E-state index contributed by atoms with van der Waals surface area (Å²) in [4.78, 5) is 15.0. The molecule has 0 bridgehead atoms. The van der Waals surface area contributed by atoms with Crippen molar-refractivity contribution in [2.45, 2.75) is 5.32 Å². The summed E-state index contributed by atoms with van der Waals surface area (Å²) in [7, 11) is 0. The first-order valence-electron chi connectivity index (χ1n) is 5.67. The molecule has 0 atom stereocenters. The van der Waals surface area contributed by atoms with E-state index in [0.717, 1.165) is 0 Å². The van der Waals surface area contributed by atoms with Crippen molar-refractivity contribution in [2.75, 3.05) is 5.73 Å². The SMILES string of the molecule is N#Cc1c(N)nc([Se]CC(N)=O)c(C#N)c1-c1ccco1. The summed E-state index contributed by atoms with van der Waals surface area (Å²) in [6, 6.07) is 7.22. The van der Waals surface area contributed by atoms with Crippen LogP contribution < -0.4 is 16.1 Å². The van der Waals surface area contributed by atoms with Gasteiger partial charge in [-0.1, -0.05) is 0 Å². The number of hydrogen-bond acceptors (Lipinski definition) is 6. The molecule has 0 aliphatic heterocycles. The molecule has 0 fully saturated rings. The molecule has 1 amide bonds. The minimum absolute atomic E-state index is 0.00393. The molecule has 0 aliphatic carbocycles. The number of carbonyl (C=O) groups excluding carboxylic acids is 1. The van der Waals surface area contributed by atoms with Crippen LogP contribution in [0.1, 0.15) is 11.1 Å². The average molecular weight is 346 g/mol. The maximum absolute atomic E-state index is 10.9. The summed E-state index contributed by atoms with van der Waals surface area (Å²) in [5.41, 5.74) is 11.5. The normalized spacial score (nSPS) is 9.81. The number of aromatic nitrogens is 1. The Morgan fingerprint density at radius 2 is 2.10 bits per heavy atom. The molecular weight excluding hydrogens is 337 g/mol. The van der Waals surface area contributed by atoms with Gasteiger partial charge in [-0.05, 0) is 0 Å². The van der Waals surface area contributed by atoms with Crippen LogP contribution in [0.15, 0.2) is 22.8 Å². The Kier molecular flexibility index (Phi) is 4.24. The zero-order valence-corrected chi connectivity index (χ0v) is 12.4. The Balaban J connectivity index is 2.69. The fourth-order valence-electron chi connectivity index (χ4n) is 1.71. The molecule has 0 aliphatic rings. The second kappa shape index (κ2) is 6.10. The number of anilines is 1. The van der Waals surface area contributed by atoms with Gasteiger partial charge in [0.2, 0.25) is 0 Å². The third kappa shape index (κ3) is 2.87. The number of primary amides is 1. The van der Waals surface area contributed by atoms with Crippen LogP contribution in [0.2, 0.25) is 5.32 Å². The van der Waals surface area contributed by atoms with Crippen LogP contribution in [0.4, 0.5) is 5.82 Å². The van der Waals surface area contributed by atoms with Crippen LogP contribution in [-0.2, 0) is 4.79 Å². The molecule has 104 valence electrons. The van der Waals surface area contributed by atoms with E-state index in [1.165, 1.54) is 6.26 Å². The van der Waals surface area contributed by atoms with Gasteiger partial charge < -0.3 is 0 Å². The minimum atomic E-state index is -0.483. The third-order valence-electron chi connectivity index (χ3n) is 2.53. The van der Waals surface area contributed by atoms with Gasteiger partial charge in [-0.15, -0.1) is 0 Å². The molecule has 4 N–H and O–H groups in total. The number of nitrogens with zero attached hydrogens (tertiary/aromatic N) is 3. The predicted molar refractivity (Wildman–Crippen MR) is 75.2 cm³/mol. The molecule has 0 spiro atoms. The number of rotatable bonds is 4. The van der Waals surface area contributed by atoms with Gasteiger partial charge in [0, 0.05) is 0 Å². The molecule has 0 radical (unpaired) electrons. The zero-order valence-electron chi connectivity index (χ0n) is 10.7. The van der Waals surface area contributed by atoms with Crippen LogP contribution in [0.5, 0.6) is 0 Å². The number of hydrogen-bond donors (Lipinski definition) is 2. The topological polar surface area (TPSA) is 143 Å². The number of nitrogen functional groups attached to an aromatic ring is 1. The number of nitrogens with two attached hydrogens (primary N) is 2. The van der Waals surface area contributed by atoms with Gasteiger partial charge in [0.05, 0.1) is 0 Å². The molecule has 7 nitrogen and oxygen atoms in total. The summed E-state index contributed by atoms with van der Waals surface area (Å²) in [5.74, 6) is -0.124. The molecule has 8 heteroatoms. The van der Waals surface area contributed by atoms with Crippen LogP contribution in [0, 0.1) is 22.7 Å². The fraction of sp³-hybridized carbons (Fsp3) is 0.0769. The second-order valence-corrected chi connectivity index (χ2v) is 5.91. The summed E-state index contributed by atoms with van der Waals surface area (Å²) >= 11 is -0.444. The predicted octanol–water partition coefficient (Wildman–Crippen LogP) is -0.0997. The van der Waals surface area contributed by atoms with E-state index in [2.05, 4.69) is 4.98 Å². The van der Waals surface area contributed by atoms with Crippen molar-refractivity contribution in [3.05, 3.63) is 29.5 Å². The molecule has 0 unspecified atom stereocenters. The van der Waals surface area contributed by atoms with Crippen molar-refractivity contribution in [3.63, 3.8) is 0 Å². The number of carbonyl (C=O) groups is 1. The molecule has 2 rings (SSSR count). The Hall–Kier alpha value is -2.80. The standard InChI is InChI=1S/C13H9N5O2Se/c14-4-7-11(9-2-1-3-20-9)8(5-15)13(18-12(7)17)21-6-10(16)19/h1-3H,6H2,(H2,16,19)(H2,17,18). The van der Waals surface area contributed by atoms with Crippen molar-refractivity contribution >= 4 is 31.3 Å². The first-order chi connectivity index (χ1) is 10.1. The van der Waals surface area contributed by atoms with Crippen molar-refractivity contribution in [2.24, 2.45) is 5.73 Å². The van der Waals surface area contributed by atoms with E-state index >= 15 is 0 Å². The van der Waals surface area contributed by atoms with E-state index in [9.17, 15) is 15.3 Å². The van der Waals surface area contributed by atoms with Gasteiger partial charge >= 0.3 is 126 Å². The summed E-state index contributed by atoms with van der Waals surface area (Å²) < 4.78 is 5.65. The molecule has 2 heterocycles. The molecule has 0 saturated carbocycles. The van der Waals surface area contributed by atoms with Crippen LogP contribution >= 0.6 is 0 Å². The van der Waals surface area contributed by atoms with Gasteiger partial charge in [-0.3, -0.25) is 0 Å². The van der Waals surface area contributed by atoms with Crippen LogP contribution in [0.25, 0.3) is 11.3 Å². The number of amides is 1. The molecule has 2 aromatic heterocycles. The van der Waals surface area contributed by atoms with E-state index < -0.39 is 20.9 Å². The fourth-order valence-corrected chi connectivity index (χ4v) is 3.25. The van der Waals surface area contributed by atoms with E-state index in [4.69, 9.17) is 15.9 Å². The van der Waals surface area contributed by atoms with Crippen molar-refractivity contribution in [3.8, 4) is 23.5 Å². The molecule has 0 aromatic carbocycles. The summed E-state index contributed by atoms with van der Waals surface area (Å²) in [5, 5.41) is 18.7. The second-order valence-electron chi connectivity index (χ2n) is 3.88. The Morgan fingerprint density at radius 1 is 1.38 bits per heavy atom. The Bertz CT molecular complexity index is 771. The van der Waals surface area contributed by atoms with Gasteiger partial charge in [-0.25, -0.2) is 0 Å². The first kappa shape index (κ1) is 14.6. The van der Waals surface area contributed by atoms with Crippen molar-refractivity contribution in [1.29, 1.82) is 10.5 Å². The Labute approximate surface area is 126 Å². The Morgan fingerprint density at radius 3 is 2.62 bits per heavy atom. The van der Waals surface area contributed by atoms with Crippen molar-refractivity contribution in [1.82, 2.24) is 4.98 Å². The van der Waals surface area contributed by atoms with E-state index in [1.807, 2.05) is 12.1 Å². The quantitative estimate of drug-likeness (QED) is 0.740. The van der Waals surface area contributed by atoms with Crippen LogP contribution in [-0.4, -0.2) is 25.8 Å². The number of furan rings is 1. The van der Waals surface area contributed by atoms with E-state index in [0.29, 0.717) is 15.9 Å². The summed E-state index contributed by atoms with van der Waals surface area (Å²) in [6.07, 6.45) is 1.43. The van der Waals surface area contributed by atoms with Crippen molar-refractivity contribution < 1.29 is 9.21 Å². The summed E-state index contributed by atoms with van der Waals surface area (Å²) in [6.45, 7) is 0. The van der Waals surface area contributed by atoms with Gasteiger partial charge in [-0.2, -0.15) is 0 Å². The first-order valence-corrected chi connectivity index (χ1v) is 7.74.